The monoisotopic (exact) mass is 163 g/mol. The molecule has 0 unspecified atom stereocenters. The Bertz CT molecular complexity index is 304. The number of hydrogen-bond acceptors (Lipinski definition) is 2. The van der Waals surface area contributed by atoms with Gasteiger partial charge in [0.15, 0.2) is 0 Å². The van der Waals surface area contributed by atoms with Crippen molar-refractivity contribution in [3.8, 4) is 0 Å². The Hall–Kier alpha value is -0.760. The number of pyridine rings is 1. The smallest absolute Gasteiger partial charge is 0.0477 e. The van der Waals surface area contributed by atoms with Crippen molar-refractivity contribution in [1.29, 1.82) is 0 Å². The van der Waals surface area contributed by atoms with Gasteiger partial charge in [0, 0.05) is 23.2 Å². The molecular formula is C9H9NS. The van der Waals surface area contributed by atoms with Gasteiger partial charge in [0.25, 0.3) is 0 Å². The molecule has 0 aromatic carbocycles. The van der Waals surface area contributed by atoms with Crippen LogP contribution in [0.4, 0.5) is 0 Å². The Balaban J connectivity index is 2.48. The highest BCUT2D eigenvalue weighted by molar-refractivity contribution is 7.80. The second kappa shape index (κ2) is 2.70. The third-order valence-electron chi connectivity index (χ3n) is 1.86. The zero-order valence-corrected chi connectivity index (χ0v) is 7.01. The lowest BCUT2D eigenvalue weighted by atomic mass is 10.0. The minimum absolute atomic E-state index is 0.957. The van der Waals surface area contributed by atoms with Gasteiger partial charge >= 0.3 is 0 Å². The van der Waals surface area contributed by atoms with E-state index in [1.165, 1.54) is 11.3 Å². The normalized spacial score (nSPS) is 14.6. The van der Waals surface area contributed by atoms with E-state index in [-0.39, 0.29) is 0 Å². The summed E-state index contributed by atoms with van der Waals surface area (Å²) < 4.78 is 0. The molecule has 0 saturated carbocycles. The first-order valence-corrected chi connectivity index (χ1v) is 4.13. The Kier molecular flexibility index (Phi) is 1.70. The molecule has 1 aliphatic carbocycles. The second-order valence-electron chi connectivity index (χ2n) is 2.68. The van der Waals surface area contributed by atoms with Crippen molar-refractivity contribution in [2.75, 3.05) is 0 Å². The Morgan fingerprint density at radius 1 is 1.27 bits per heavy atom. The molecule has 1 aromatic rings. The molecule has 2 heteroatoms. The average Bonchev–Trinajstić information content (AvgIpc) is 2.04. The third kappa shape index (κ3) is 1.31. The maximum Gasteiger partial charge on any atom is 0.0477 e. The van der Waals surface area contributed by atoms with Gasteiger partial charge in [0.2, 0.25) is 0 Å². The maximum atomic E-state index is 4.29. The van der Waals surface area contributed by atoms with Crippen LogP contribution in [0.5, 0.6) is 0 Å². The summed E-state index contributed by atoms with van der Waals surface area (Å²) in [6, 6.07) is 2.09. The molecule has 0 bridgehead atoms. The van der Waals surface area contributed by atoms with Crippen LogP contribution in [0.2, 0.25) is 0 Å². The highest BCUT2D eigenvalue weighted by Gasteiger charge is 2.04. The molecule has 0 amide bonds. The summed E-state index contributed by atoms with van der Waals surface area (Å²) in [5, 5.41) is 0. The van der Waals surface area contributed by atoms with Crippen molar-refractivity contribution in [3.63, 3.8) is 0 Å². The van der Waals surface area contributed by atoms with Gasteiger partial charge in [0.05, 0.1) is 0 Å². The van der Waals surface area contributed by atoms with Gasteiger partial charge < -0.3 is 0 Å². The van der Waals surface area contributed by atoms with Crippen molar-refractivity contribution in [1.82, 2.24) is 4.98 Å². The van der Waals surface area contributed by atoms with Crippen molar-refractivity contribution in [2.24, 2.45) is 0 Å². The molecule has 0 fully saturated rings. The van der Waals surface area contributed by atoms with Crippen LogP contribution in [0.3, 0.4) is 0 Å². The molecule has 11 heavy (non-hydrogen) atoms. The molecule has 1 nitrogen and oxygen atoms in total. The molecule has 0 spiro atoms. The third-order valence-corrected chi connectivity index (χ3v) is 2.11. The molecule has 0 saturated heterocycles. The van der Waals surface area contributed by atoms with Crippen molar-refractivity contribution in [2.45, 2.75) is 17.7 Å². The van der Waals surface area contributed by atoms with Crippen molar-refractivity contribution in [3.05, 3.63) is 35.7 Å². The standard InChI is InChI=1S/C9H9NS/c11-8-5-7-3-1-2-4-9(7)10-6-8/h1-2,5-6,11H,3-4H2. The zero-order chi connectivity index (χ0) is 7.68. The summed E-state index contributed by atoms with van der Waals surface area (Å²) in [6.45, 7) is 0. The van der Waals surface area contributed by atoms with Crippen LogP contribution < -0.4 is 0 Å². The first-order valence-electron chi connectivity index (χ1n) is 3.68. The van der Waals surface area contributed by atoms with Crippen LogP contribution in [0.15, 0.2) is 29.3 Å². The largest absolute Gasteiger partial charge is 0.260 e. The molecule has 0 atom stereocenters. The summed E-state index contributed by atoms with van der Waals surface area (Å²) in [6.07, 6.45) is 8.13. The molecular weight excluding hydrogens is 154 g/mol. The van der Waals surface area contributed by atoms with E-state index in [0.717, 1.165) is 17.7 Å². The highest BCUT2D eigenvalue weighted by atomic mass is 32.1. The SMILES string of the molecule is Sc1cnc2c(c1)CC=CC2. The quantitative estimate of drug-likeness (QED) is 0.456. The van der Waals surface area contributed by atoms with Gasteiger partial charge in [-0.05, 0) is 18.1 Å². The van der Waals surface area contributed by atoms with E-state index in [4.69, 9.17) is 0 Å². The van der Waals surface area contributed by atoms with Gasteiger partial charge in [-0.15, -0.1) is 12.6 Å². The predicted octanol–water partition coefficient (Wildman–Crippen LogP) is 2.03. The first-order chi connectivity index (χ1) is 5.36. The number of nitrogens with zero attached hydrogens (tertiary/aromatic N) is 1. The zero-order valence-electron chi connectivity index (χ0n) is 6.12. The second-order valence-corrected chi connectivity index (χ2v) is 3.20. The van der Waals surface area contributed by atoms with Crippen LogP contribution in [-0.2, 0) is 12.8 Å². The summed E-state index contributed by atoms with van der Waals surface area (Å²) in [5.41, 5.74) is 2.52. The van der Waals surface area contributed by atoms with Gasteiger partial charge in [-0.1, -0.05) is 12.2 Å². The lowest BCUT2D eigenvalue weighted by Crippen LogP contribution is -1.99. The van der Waals surface area contributed by atoms with Crippen LogP contribution >= 0.6 is 12.6 Å². The molecule has 2 rings (SSSR count). The van der Waals surface area contributed by atoms with E-state index in [1.54, 1.807) is 6.20 Å². The Labute approximate surface area is 71.6 Å². The van der Waals surface area contributed by atoms with E-state index < -0.39 is 0 Å². The molecule has 0 radical (unpaired) electrons. The number of fused-ring (bicyclic) bond motifs is 1. The van der Waals surface area contributed by atoms with E-state index in [0.29, 0.717) is 0 Å². The van der Waals surface area contributed by atoms with Crippen molar-refractivity contribution >= 4 is 12.6 Å². The lowest BCUT2D eigenvalue weighted by molar-refractivity contribution is 0.982. The molecule has 0 aliphatic heterocycles. The van der Waals surface area contributed by atoms with Crippen LogP contribution in [0.25, 0.3) is 0 Å². The Morgan fingerprint density at radius 2 is 2.09 bits per heavy atom. The van der Waals surface area contributed by atoms with E-state index >= 15 is 0 Å². The van der Waals surface area contributed by atoms with Crippen LogP contribution in [0.1, 0.15) is 11.3 Å². The van der Waals surface area contributed by atoms with Gasteiger partial charge in [-0.3, -0.25) is 4.98 Å². The molecule has 56 valence electrons. The topological polar surface area (TPSA) is 12.9 Å². The fraction of sp³-hybridized carbons (Fsp3) is 0.222. The van der Waals surface area contributed by atoms with Crippen LogP contribution in [0, 0.1) is 0 Å². The number of hydrogen-bond donors (Lipinski definition) is 1. The number of aromatic nitrogens is 1. The highest BCUT2D eigenvalue weighted by Crippen LogP contribution is 2.16. The minimum atomic E-state index is 0.957. The maximum absolute atomic E-state index is 4.29. The van der Waals surface area contributed by atoms with E-state index in [9.17, 15) is 0 Å². The van der Waals surface area contributed by atoms with E-state index in [1.807, 2.05) is 0 Å². The summed E-state index contributed by atoms with van der Waals surface area (Å²) >= 11 is 4.23. The summed E-state index contributed by atoms with van der Waals surface area (Å²) in [4.78, 5) is 5.25. The fourth-order valence-corrected chi connectivity index (χ4v) is 1.51. The number of thiol groups is 1. The molecule has 1 aliphatic rings. The molecule has 0 N–H and O–H groups in total. The van der Waals surface area contributed by atoms with Crippen LogP contribution in [-0.4, -0.2) is 4.98 Å². The molecule has 1 heterocycles. The van der Waals surface area contributed by atoms with Gasteiger partial charge in [0.1, 0.15) is 0 Å². The lowest BCUT2D eigenvalue weighted by Gasteiger charge is -2.08. The minimum Gasteiger partial charge on any atom is -0.260 e. The number of rotatable bonds is 0. The predicted molar refractivity (Wildman–Crippen MR) is 48.0 cm³/mol. The number of allylic oxidation sites excluding steroid dienone is 2. The molecule has 1 aromatic heterocycles. The van der Waals surface area contributed by atoms with E-state index in [2.05, 4.69) is 35.8 Å². The Morgan fingerprint density at radius 3 is 3.00 bits per heavy atom. The summed E-state index contributed by atoms with van der Waals surface area (Å²) in [5.74, 6) is 0. The van der Waals surface area contributed by atoms with Crippen molar-refractivity contribution < 1.29 is 0 Å². The fourth-order valence-electron chi connectivity index (χ4n) is 1.29. The average molecular weight is 163 g/mol. The van der Waals surface area contributed by atoms with Gasteiger partial charge in [-0.25, -0.2) is 0 Å². The van der Waals surface area contributed by atoms with Gasteiger partial charge in [-0.2, -0.15) is 0 Å². The summed E-state index contributed by atoms with van der Waals surface area (Å²) in [7, 11) is 0. The first kappa shape index (κ1) is 6.92.